The summed E-state index contributed by atoms with van der Waals surface area (Å²) in [6, 6.07) is 5.94. The summed E-state index contributed by atoms with van der Waals surface area (Å²) in [4.78, 5) is 4.48. The molecule has 6 heteroatoms. The fourth-order valence-corrected chi connectivity index (χ4v) is 2.08. The molecule has 2 aromatic heterocycles. The van der Waals surface area contributed by atoms with E-state index in [2.05, 4.69) is 39.7 Å². The zero-order valence-corrected chi connectivity index (χ0v) is 12.8. The molecule has 0 aliphatic carbocycles. The average molecular weight is 288 g/mol. The Kier molecular flexibility index (Phi) is 5.99. The number of rotatable bonds is 7. The fraction of sp³-hybridized carbons (Fsp3) is 0.533. The number of fused-ring (bicyclic) bond motifs is 1. The lowest BCUT2D eigenvalue weighted by Gasteiger charge is -2.10. The smallest absolute Gasteiger partial charge is 0.191 e. The SMILES string of the molecule is CCCN=C(NCC)NCCCc1nnc2ccccn12. The molecule has 0 aliphatic rings. The van der Waals surface area contributed by atoms with E-state index in [9.17, 15) is 0 Å². The Morgan fingerprint density at radius 3 is 2.95 bits per heavy atom. The van der Waals surface area contributed by atoms with Gasteiger partial charge in [-0.05, 0) is 31.9 Å². The summed E-state index contributed by atoms with van der Waals surface area (Å²) in [5, 5.41) is 15.0. The molecule has 0 fully saturated rings. The topological polar surface area (TPSA) is 66.6 Å². The maximum atomic E-state index is 4.48. The van der Waals surface area contributed by atoms with Gasteiger partial charge in [-0.2, -0.15) is 0 Å². The lowest BCUT2D eigenvalue weighted by Crippen LogP contribution is -2.38. The van der Waals surface area contributed by atoms with Gasteiger partial charge in [0.1, 0.15) is 5.82 Å². The van der Waals surface area contributed by atoms with Crippen molar-refractivity contribution < 1.29 is 0 Å². The first kappa shape index (κ1) is 15.3. The Labute approximate surface area is 125 Å². The van der Waals surface area contributed by atoms with Gasteiger partial charge in [0.25, 0.3) is 0 Å². The van der Waals surface area contributed by atoms with Crippen molar-refractivity contribution in [3.63, 3.8) is 0 Å². The Hall–Kier alpha value is -2.11. The van der Waals surface area contributed by atoms with E-state index in [1.54, 1.807) is 0 Å². The second-order valence-electron chi connectivity index (χ2n) is 4.84. The molecule has 0 atom stereocenters. The van der Waals surface area contributed by atoms with Crippen molar-refractivity contribution in [3.05, 3.63) is 30.2 Å². The van der Waals surface area contributed by atoms with Crippen molar-refractivity contribution in [1.82, 2.24) is 25.2 Å². The van der Waals surface area contributed by atoms with E-state index in [-0.39, 0.29) is 0 Å². The van der Waals surface area contributed by atoms with Crippen LogP contribution in [-0.4, -0.2) is 40.2 Å². The van der Waals surface area contributed by atoms with Gasteiger partial charge in [-0.3, -0.25) is 9.39 Å². The van der Waals surface area contributed by atoms with Gasteiger partial charge in [-0.15, -0.1) is 10.2 Å². The van der Waals surface area contributed by atoms with Crippen LogP contribution < -0.4 is 10.6 Å². The largest absolute Gasteiger partial charge is 0.357 e. The molecule has 6 nitrogen and oxygen atoms in total. The van der Waals surface area contributed by atoms with Crippen molar-refractivity contribution >= 4 is 11.6 Å². The van der Waals surface area contributed by atoms with Crippen LogP contribution in [0.2, 0.25) is 0 Å². The molecule has 2 N–H and O–H groups in total. The summed E-state index contributed by atoms with van der Waals surface area (Å²) in [7, 11) is 0. The monoisotopic (exact) mass is 288 g/mol. The zero-order chi connectivity index (χ0) is 14.9. The quantitative estimate of drug-likeness (QED) is 0.462. The van der Waals surface area contributed by atoms with E-state index >= 15 is 0 Å². The maximum Gasteiger partial charge on any atom is 0.191 e. The highest BCUT2D eigenvalue weighted by Crippen LogP contribution is 2.04. The number of aromatic nitrogens is 3. The Morgan fingerprint density at radius 2 is 2.14 bits per heavy atom. The minimum absolute atomic E-state index is 0.851. The summed E-state index contributed by atoms with van der Waals surface area (Å²) >= 11 is 0. The second kappa shape index (κ2) is 8.24. The van der Waals surface area contributed by atoms with Gasteiger partial charge in [0.15, 0.2) is 11.6 Å². The Balaban J connectivity index is 1.81. The molecule has 0 amide bonds. The molecule has 0 radical (unpaired) electrons. The van der Waals surface area contributed by atoms with Crippen LogP contribution in [0.3, 0.4) is 0 Å². The normalized spacial score (nSPS) is 11.8. The van der Waals surface area contributed by atoms with Gasteiger partial charge >= 0.3 is 0 Å². The number of nitrogens with one attached hydrogen (secondary N) is 2. The predicted molar refractivity (Wildman–Crippen MR) is 85.6 cm³/mol. The van der Waals surface area contributed by atoms with E-state index < -0.39 is 0 Å². The molecule has 2 heterocycles. The van der Waals surface area contributed by atoms with Crippen LogP contribution in [0.5, 0.6) is 0 Å². The average Bonchev–Trinajstić information content (AvgIpc) is 2.92. The zero-order valence-electron chi connectivity index (χ0n) is 12.8. The first-order chi connectivity index (χ1) is 10.3. The summed E-state index contributed by atoms with van der Waals surface area (Å²) in [5.41, 5.74) is 0.901. The molecule has 2 aromatic rings. The molecule has 2 rings (SSSR count). The molecule has 0 saturated carbocycles. The number of aliphatic imine (C=N–C) groups is 1. The lowest BCUT2D eigenvalue weighted by atomic mass is 10.3. The van der Waals surface area contributed by atoms with E-state index in [1.165, 1.54) is 0 Å². The molecule has 114 valence electrons. The van der Waals surface area contributed by atoms with Crippen molar-refractivity contribution in [3.8, 4) is 0 Å². The van der Waals surface area contributed by atoms with Crippen LogP contribution in [0.1, 0.15) is 32.5 Å². The summed E-state index contributed by atoms with van der Waals surface area (Å²) in [5.74, 6) is 1.90. The number of hydrogen-bond acceptors (Lipinski definition) is 3. The van der Waals surface area contributed by atoms with E-state index in [0.717, 1.165) is 56.3 Å². The number of aryl methyl sites for hydroxylation is 1. The third-order valence-corrected chi connectivity index (χ3v) is 3.09. The highest BCUT2D eigenvalue weighted by Gasteiger charge is 2.04. The molecule has 0 unspecified atom stereocenters. The second-order valence-corrected chi connectivity index (χ2v) is 4.84. The first-order valence-electron chi connectivity index (χ1n) is 7.66. The van der Waals surface area contributed by atoms with Crippen LogP contribution in [0, 0.1) is 0 Å². The van der Waals surface area contributed by atoms with E-state index in [1.807, 2.05) is 28.8 Å². The van der Waals surface area contributed by atoms with E-state index in [0.29, 0.717) is 0 Å². The first-order valence-corrected chi connectivity index (χ1v) is 7.66. The van der Waals surface area contributed by atoms with Crippen molar-refractivity contribution in [1.29, 1.82) is 0 Å². The molecular weight excluding hydrogens is 264 g/mol. The summed E-state index contributed by atoms with van der Waals surface area (Å²) < 4.78 is 2.04. The van der Waals surface area contributed by atoms with Crippen molar-refractivity contribution in [2.75, 3.05) is 19.6 Å². The standard InChI is InChI=1S/C15H24N6/c1-3-10-17-15(16-4-2)18-11-7-9-14-20-19-13-8-5-6-12-21(13)14/h5-6,8,12H,3-4,7,9-11H2,1-2H3,(H2,16,17,18). The Morgan fingerprint density at radius 1 is 1.24 bits per heavy atom. The maximum absolute atomic E-state index is 4.48. The highest BCUT2D eigenvalue weighted by molar-refractivity contribution is 5.79. The molecule has 0 spiro atoms. The highest BCUT2D eigenvalue weighted by atomic mass is 15.2. The van der Waals surface area contributed by atoms with Crippen LogP contribution in [0.15, 0.2) is 29.4 Å². The van der Waals surface area contributed by atoms with Gasteiger partial charge in [0.2, 0.25) is 0 Å². The fourth-order valence-electron chi connectivity index (χ4n) is 2.08. The molecule has 0 bridgehead atoms. The van der Waals surface area contributed by atoms with Crippen LogP contribution in [0.25, 0.3) is 5.65 Å². The Bertz CT molecular complexity index is 574. The molecule has 0 saturated heterocycles. The number of guanidine groups is 1. The van der Waals surface area contributed by atoms with Crippen LogP contribution >= 0.6 is 0 Å². The molecule has 0 aliphatic heterocycles. The van der Waals surface area contributed by atoms with Crippen molar-refractivity contribution in [2.24, 2.45) is 4.99 Å². The lowest BCUT2D eigenvalue weighted by molar-refractivity contribution is 0.714. The van der Waals surface area contributed by atoms with Crippen LogP contribution in [-0.2, 0) is 6.42 Å². The third-order valence-electron chi connectivity index (χ3n) is 3.09. The summed E-state index contributed by atoms with van der Waals surface area (Å²) in [6.45, 7) is 6.81. The van der Waals surface area contributed by atoms with Gasteiger partial charge in [-0.25, -0.2) is 0 Å². The third kappa shape index (κ3) is 4.44. The predicted octanol–water partition coefficient (Wildman–Crippen LogP) is 1.63. The van der Waals surface area contributed by atoms with Crippen molar-refractivity contribution in [2.45, 2.75) is 33.1 Å². The minimum atomic E-state index is 0.851. The van der Waals surface area contributed by atoms with Gasteiger partial charge in [0.05, 0.1) is 0 Å². The number of hydrogen-bond donors (Lipinski definition) is 2. The van der Waals surface area contributed by atoms with Crippen LogP contribution in [0.4, 0.5) is 0 Å². The number of pyridine rings is 1. The number of nitrogens with zero attached hydrogens (tertiary/aromatic N) is 4. The van der Waals surface area contributed by atoms with E-state index in [4.69, 9.17) is 0 Å². The van der Waals surface area contributed by atoms with Gasteiger partial charge < -0.3 is 10.6 Å². The molecular formula is C15H24N6. The molecule has 0 aromatic carbocycles. The molecule has 21 heavy (non-hydrogen) atoms. The summed E-state index contributed by atoms with van der Waals surface area (Å²) in [6.07, 6.45) is 4.95. The van der Waals surface area contributed by atoms with Gasteiger partial charge in [0, 0.05) is 32.3 Å². The van der Waals surface area contributed by atoms with Gasteiger partial charge in [-0.1, -0.05) is 13.0 Å². The minimum Gasteiger partial charge on any atom is -0.357 e.